The fourth-order valence-corrected chi connectivity index (χ4v) is 4.40. The molecule has 1 aromatic rings. The molecule has 0 saturated heterocycles. The van der Waals surface area contributed by atoms with Crippen molar-refractivity contribution in [1.82, 2.24) is 0 Å². The van der Waals surface area contributed by atoms with Crippen molar-refractivity contribution in [3.63, 3.8) is 0 Å². The van der Waals surface area contributed by atoms with Gasteiger partial charge in [0.1, 0.15) is 0 Å². The summed E-state index contributed by atoms with van der Waals surface area (Å²) in [6.45, 7) is 3.92. The Balaban J connectivity index is 2.18. The summed E-state index contributed by atoms with van der Waals surface area (Å²) in [5.41, 5.74) is 1.02. The number of rotatable bonds is 24. The summed E-state index contributed by atoms with van der Waals surface area (Å²) in [5.74, 6) is -3.08. The second-order valence-corrected chi connectivity index (χ2v) is 10.2. The Hall–Kier alpha value is -3.14. The summed E-state index contributed by atoms with van der Waals surface area (Å²) in [6, 6.07) is 6.57. The number of aliphatic hydroxyl groups excluding tert-OH is 1. The van der Waals surface area contributed by atoms with Crippen LogP contribution in [0.1, 0.15) is 114 Å². The van der Waals surface area contributed by atoms with Crippen molar-refractivity contribution >= 4 is 29.6 Å². The molecule has 2 unspecified atom stereocenters. The Morgan fingerprint density at radius 2 is 1.19 bits per heavy atom. The first kappa shape index (κ1) is 36.9. The van der Waals surface area contributed by atoms with Crippen molar-refractivity contribution in [2.45, 2.75) is 116 Å². The van der Waals surface area contributed by atoms with E-state index in [0.717, 1.165) is 37.9 Å². The number of aliphatic hydroxyl groups is 1. The molecule has 0 bridgehead atoms. The fraction of sp³-hybridized carbons (Fsp3) is 0.688. The van der Waals surface area contributed by atoms with Crippen LogP contribution >= 0.6 is 0 Å². The summed E-state index contributed by atoms with van der Waals surface area (Å²) in [7, 11) is 1.44. The van der Waals surface area contributed by atoms with Gasteiger partial charge >= 0.3 is 23.9 Å². The largest absolute Gasteiger partial charge is 0.469 e. The lowest BCUT2D eigenvalue weighted by atomic mass is 10.0. The molecule has 0 spiro atoms. The van der Waals surface area contributed by atoms with E-state index in [1.54, 1.807) is 38.1 Å². The fourth-order valence-electron chi connectivity index (χ4n) is 4.40. The number of hydrogen-bond donors (Lipinski definition) is 2. The van der Waals surface area contributed by atoms with E-state index in [2.05, 4.69) is 10.1 Å². The van der Waals surface area contributed by atoms with Gasteiger partial charge in [0.25, 0.3) is 0 Å². The molecule has 0 aliphatic carbocycles. The minimum Gasteiger partial charge on any atom is -0.469 e. The van der Waals surface area contributed by atoms with Crippen molar-refractivity contribution in [1.29, 1.82) is 0 Å². The molecule has 0 amide bonds. The van der Waals surface area contributed by atoms with Gasteiger partial charge in [-0.05, 0) is 51.0 Å². The van der Waals surface area contributed by atoms with E-state index in [1.165, 1.54) is 64.9 Å². The summed E-state index contributed by atoms with van der Waals surface area (Å²) in [5, 5.41) is 13.5. The molecule has 0 saturated carbocycles. The van der Waals surface area contributed by atoms with Gasteiger partial charge < -0.3 is 29.4 Å². The van der Waals surface area contributed by atoms with E-state index in [1.807, 2.05) is 0 Å². The molecule has 0 fully saturated rings. The van der Waals surface area contributed by atoms with Crippen LogP contribution in [0.4, 0.5) is 5.69 Å². The van der Waals surface area contributed by atoms with Crippen LogP contribution < -0.4 is 5.32 Å². The molecule has 42 heavy (non-hydrogen) atoms. The number of ether oxygens (including phenoxy) is 4. The minimum atomic E-state index is -1.99. The molecule has 2 N–H and O–H groups in total. The van der Waals surface area contributed by atoms with E-state index in [4.69, 9.17) is 14.2 Å². The number of esters is 4. The monoisotopic (exact) mass is 593 g/mol. The highest BCUT2D eigenvalue weighted by molar-refractivity contribution is 5.93. The zero-order valence-electron chi connectivity index (χ0n) is 25.7. The second kappa shape index (κ2) is 23.4. The van der Waals surface area contributed by atoms with E-state index in [0.29, 0.717) is 6.42 Å². The summed E-state index contributed by atoms with van der Waals surface area (Å²) >= 11 is 0. The molecule has 1 aromatic carbocycles. The van der Waals surface area contributed by atoms with Crippen LogP contribution in [0.15, 0.2) is 24.3 Å². The van der Waals surface area contributed by atoms with Gasteiger partial charge in [0.05, 0.1) is 25.9 Å². The predicted molar refractivity (Wildman–Crippen MR) is 160 cm³/mol. The van der Waals surface area contributed by atoms with Crippen LogP contribution in [0.5, 0.6) is 0 Å². The molecule has 0 aromatic heterocycles. The highest BCUT2D eigenvalue weighted by Crippen LogP contribution is 2.16. The topological polar surface area (TPSA) is 137 Å². The van der Waals surface area contributed by atoms with Crippen molar-refractivity contribution < 1.29 is 43.2 Å². The summed E-state index contributed by atoms with van der Waals surface area (Å²) < 4.78 is 19.3. The molecule has 0 aliphatic rings. The number of unbranched alkanes of at least 4 members (excludes halogenated alkanes) is 12. The van der Waals surface area contributed by atoms with E-state index in [-0.39, 0.29) is 24.7 Å². The van der Waals surface area contributed by atoms with Gasteiger partial charge in [-0.1, -0.05) is 70.6 Å². The van der Waals surface area contributed by atoms with Gasteiger partial charge in [0.2, 0.25) is 6.10 Å². The lowest BCUT2D eigenvalue weighted by molar-refractivity contribution is -0.172. The third-order valence-electron chi connectivity index (χ3n) is 6.80. The van der Waals surface area contributed by atoms with Crippen LogP contribution in [-0.2, 0) is 33.3 Å². The molecule has 0 aliphatic heterocycles. The maximum Gasteiger partial charge on any atom is 0.350 e. The number of anilines is 1. The number of benzene rings is 1. The SMILES string of the molecule is CCOC(=O)C(O)C(OC(=O)c1ccc(NCCCCCCCCCCCCCCCC(=O)OC)cc1)C(=O)OCC. The zero-order valence-corrected chi connectivity index (χ0v) is 25.7. The van der Waals surface area contributed by atoms with E-state index < -0.39 is 30.1 Å². The Kier molecular flexibility index (Phi) is 20.6. The number of carbonyl (C=O) groups excluding carboxylic acids is 4. The van der Waals surface area contributed by atoms with Crippen molar-refractivity contribution in [3.8, 4) is 0 Å². The van der Waals surface area contributed by atoms with Gasteiger partial charge in [-0.2, -0.15) is 0 Å². The number of nitrogens with one attached hydrogen (secondary N) is 1. The highest BCUT2D eigenvalue weighted by Gasteiger charge is 2.38. The summed E-state index contributed by atoms with van der Waals surface area (Å²) in [6.07, 6.45) is 12.3. The molecular formula is C32H51NO9. The zero-order chi connectivity index (χ0) is 31.0. The number of hydrogen-bond acceptors (Lipinski definition) is 10. The number of carbonyl (C=O) groups is 4. The van der Waals surface area contributed by atoms with Crippen LogP contribution in [0.3, 0.4) is 0 Å². The van der Waals surface area contributed by atoms with Crippen LogP contribution in [0, 0.1) is 0 Å². The maximum absolute atomic E-state index is 12.6. The third-order valence-corrected chi connectivity index (χ3v) is 6.80. The quantitative estimate of drug-likeness (QED) is 0.0866. The Bertz CT molecular complexity index is 904. The molecule has 0 heterocycles. The van der Waals surface area contributed by atoms with Crippen LogP contribution in [0.25, 0.3) is 0 Å². The van der Waals surface area contributed by atoms with E-state index >= 15 is 0 Å². The van der Waals surface area contributed by atoms with Crippen LogP contribution in [0.2, 0.25) is 0 Å². The average molecular weight is 594 g/mol. The molecule has 1 rings (SSSR count). The van der Waals surface area contributed by atoms with Crippen molar-refractivity contribution in [3.05, 3.63) is 29.8 Å². The van der Waals surface area contributed by atoms with Gasteiger partial charge in [-0.25, -0.2) is 14.4 Å². The van der Waals surface area contributed by atoms with Gasteiger partial charge in [-0.15, -0.1) is 0 Å². The average Bonchev–Trinajstić information content (AvgIpc) is 2.99. The molecular weight excluding hydrogens is 542 g/mol. The van der Waals surface area contributed by atoms with Gasteiger partial charge in [0.15, 0.2) is 6.10 Å². The first-order valence-corrected chi connectivity index (χ1v) is 15.5. The number of methoxy groups -OCH3 is 1. The lowest BCUT2D eigenvalue weighted by Crippen LogP contribution is -2.44. The first-order chi connectivity index (χ1) is 20.3. The van der Waals surface area contributed by atoms with Gasteiger partial charge in [0, 0.05) is 18.7 Å². The highest BCUT2D eigenvalue weighted by atomic mass is 16.6. The Morgan fingerprint density at radius 1 is 0.714 bits per heavy atom. The molecule has 238 valence electrons. The normalized spacial score (nSPS) is 12.2. The summed E-state index contributed by atoms with van der Waals surface area (Å²) in [4.78, 5) is 47.7. The second-order valence-electron chi connectivity index (χ2n) is 10.2. The minimum absolute atomic E-state index is 0.00190. The van der Waals surface area contributed by atoms with Crippen molar-refractivity contribution in [2.24, 2.45) is 0 Å². The maximum atomic E-state index is 12.6. The first-order valence-electron chi connectivity index (χ1n) is 15.5. The molecule has 10 nitrogen and oxygen atoms in total. The molecule has 0 radical (unpaired) electrons. The smallest absolute Gasteiger partial charge is 0.350 e. The van der Waals surface area contributed by atoms with Crippen LogP contribution in [-0.4, -0.2) is 68.1 Å². The molecule has 2 atom stereocenters. The predicted octanol–water partition coefficient (Wildman–Crippen LogP) is 5.75. The van der Waals surface area contributed by atoms with Crippen molar-refractivity contribution in [2.75, 3.05) is 32.2 Å². The third kappa shape index (κ3) is 16.3. The standard InChI is InChI=1S/C32H51NO9/c1-4-40-31(37)28(35)29(32(38)41-5-2)42-30(36)25-20-22-26(23-21-25)33-24-18-16-14-12-10-8-6-7-9-11-13-15-17-19-27(34)39-3/h20-23,28-29,33,35H,4-19,24H2,1-3H3. The Morgan fingerprint density at radius 3 is 1.69 bits per heavy atom. The molecule has 10 heteroatoms. The Labute approximate surface area is 250 Å². The van der Waals surface area contributed by atoms with Gasteiger partial charge in [-0.3, -0.25) is 4.79 Å². The lowest BCUT2D eigenvalue weighted by Gasteiger charge is -2.20. The van der Waals surface area contributed by atoms with E-state index in [9.17, 15) is 24.3 Å².